The summed E-state index contributed by atoms with van der Waals surface area (Å²) < 4.78 is 4.10. The molecular weight excluding hydrogens is 602 g/mol. The van der Waals surface area contributed by atoms with Gasteiger partial charge in [-0.1, -0.05) is 97.1 Å². The number of Topliss-reactive ketones (excluding diaryl/α,β-unsaturated/α-hetero) is 1. The van der Waals surface area contributed by atoms with Crippen LogP contribution in [0, 0.1) is 19.8 Å². The Hall–Kier alpha value is -5.76. The number of hydrogen-bond acceptors (Lipinski definition) is 5. The van der Waals surface area contributed by atoms with Crippen molar-refractivity contribution in [2.45, 2.75) is 44.2 Å². The van der Waals surface area contributed by atoms with Crippen molar-refractivity contribution in [1.29, 1.82) is 0 Å². The van der Waals surface area contributed by atoms with Crippen LogP contribution in [0.3, 0.4) is 0 Å². The van der Waals surface area contributed by atoms with Crippen molar-refractivity contribution in [3.05, 3.63) is 170 Å². The number of ketones is 2. The third kappa shape index (κ3) is 4.08. The Kier molecular flexibility index (Phi) is 6.73. The molecule has 2 heterocycles. The highest BCUT2D eigenvalue weighted by Crippen LogP contribution is 2.61. The molecular formula is C40H33N3O5. The first-order valence-corrected chi connectivity index (χ1v) is 16.1. The van der Waals surface area contributed by atoms with Crippen LogP contribution in [0.4, 0.5) is 0 Å². The maximum absolute atomic E-state index is 15.1. The van der Waals surface area contributed by atoms with Gasteiger partial charge in [0.25, 0.3) is 0 Å². The minimum Gasteiger partial charge on any atom is -0.507 e. The fourth-order valence-electron chi connectivity index (χ4n) is 8.47. The second kappa shape index (κ2) is 10.9. The first-order valence-electron chi connectivity index (χ1n) is 16.1. The van der Waals surface area contributed by atoms with E-state index in [-0.39, 0.29) is 30.3 Å². The van der Waals surface area contributed by atoms with Gasteiger partial charge in [-0.15, -0.1) is 0 Å². The lowest BCUT2D eigenvalue weighted by Gasteiger charge is -2.54. The van der Waals surface area contributed by atoms with Crippen molar-refractivity contribution in [3.8, 4) is 11.4 Å². The highest BCUT2D eigenvalue weighted by atomic mass is 16.3. The molecule has 4 unspecified atom stereocenters. The molecule has 48 heavy (non-hydrogen) atoms. The zero-order chi connectivity index (χ0) is 33.3. The minimum absolute atomic E-state index is 0.120. The average Bonchev–Trinajstić information content (AvgIpc) is 3.37. The van der Waals surface area contributed by atoms with Crippen molar-refractivity contribution in [2.75, 3.05) is 0 Å². The standard InChI is InChI=1S/C40H33N3O5/c1-24-20-27(21-25(2)36(24)45)35-30-18-19-41-38(47)42(29-16-10-5-11-17-29)39(48)43(41)33(30)23-32-37(46)31(26-12-6-3-7-13-26)22-34(44)40(32,35)28-14-8-4-9-15-28/h3-18,20-22,32-33,35,45H,19,23H2,1-2H3. The normalized spacial score (nSPS) is 23.1. The average molecular weight is 636 g/mol. The Morgan fingerprint density at radius 3 is 2.02 bits per heavy atom. The van der Waals surface area contributed by atoms with E-state index in [0.717, 1.165) is 11.1 Å². The molecule has 1 aliphatic heterocycles. The summed E-state index contributed by atoms with van der Waals surface area (Å²) in [4.78, 5) is 58.2. The summed E-state index contributed by atoms with van der Waals surface area (Å²) in [5.74, 6) is -1.76. The molecule has 238 valence electrons. The molecule has 0 spiro atoms. The summed E-state index contributed by atoms with van der Waals surface area (Å²) >= 11 is 0. The van der Waals surface area contributed by atoms with Gasteiger partial charge in [0.2, 0.25) is 0 Å². The van der Waals surface area contributed by atoms with Crippen molar-refractivity contribution in [2.24, 2.45) is 5.92 Å². The quantitative estimate of drug-likeness (QED) is 0.260. The van der Waals surface area contributed by atoms with E-state index in [4.69, 9.17) is 0 Å². The number of para-hydroxylation sites is 1. The molecule has 8 nitrogen and oxygen atoms in total. The van der Waals surface area contributed by atoms with Crippen LogP contribution in [0.5, 0.6) is 5.75 Å². The molecule has 0 saturated heterocycles. The van der Waals surface area contributed by atoms with Crippen LogP contribution in [0.2, 0.25) is 0 Å². The summed E-state index contributed by atoms with van der Waals surface area (Å²) in [7, 11) is 0. The lowest BCUT2D eigenvalue weighted by Crippen LogP contribution is -2.58. The molecule has 3 aliphatic rings. The summed E-state index contributed by atoms with van der Waals surface area (Å²) in [6, 6.07) is 30.5. The zero-order valence-corrected chi connectivity index (χ0v) is 26.5. The largest absolute Gasteiger partial charge is 0.507 e. The monoisotopic (exact) mass is 635 g/mol. The van der Waals surface area contributed by atoms with Crippen LogP contribution in [-0.2, 0) is 21.5 Å². The number of allylic oxidation sites excluding steroid dienone is 4. The highest BCUT2D eigenvalue weighted by Gasteiger charge is 2.63. The van der Waals surface area contributed by atoms with Gasteiger partial charge in [0.15, 0.2) is 11.6 Å². The molecule has 8 rings (SSSR count). The summed E-state index contributed by atoms with van der Waals surface area (Å²) in [5, 5.41) is 10.8. The third-order valence-corrected chi connectivity index (χ3v) is 10.5. The fourth-order valence-corrected chi connectivity index (χ4v) is 8.47. The number of fused-ring (bicyclic) bond motifs is 4. The number of phenols is 1. The number of nitrogens with zero attached hydrogens (tertiary/aromatic N) is 3. The SMILES string of the molecule is Cc1cc(C2C3=CCn4c(=O)n(-c5ccccc5)c(=O)n4C3CC3C(=O)C(c4ccccc4)=CC(=O)C32c2ccccc2)cc(C)c1O. The fraction of sp³-hybridized carbons (Fsp3) is 0.200. The number of aryl methyl sites for hydroxylation is 2. The molecule has 1 aromatic heterocycles. The Labute approximate surface area is 276 Å². The van der Waals surface area contributed by atoms with Crippen LogP contribution in [0.1, 0.15) is 46.2 Å². The topological polar surface area (TPSA) is 103 Å². The summed E-state index contributed by atoms with van der Waals surface area (Å²) in [6.07, 6.45) is 3.60. The molecule has 4 atom stereocenters. The Balaban J connectivity index is 1.44. The van der Waals surface area contributed by atoms with Crippen molar-refractivity contribution >= 4 is 17.1 Å². The summed E-state index contributed by atoms with van der Waals surface area (Å²) in [5.41, 5.74) is 2.68. The molecule has 0 amide bonds. The van der Waals surface area contributed by atoms with Gasteiger partial charge in [-0.2, -0.15) is 0 Å². The van der Waals surface area contributed by atoms with Crippen LogP contribution in [0.15, 0.2) is 130 Å². The lowest BCUT2D eigenvalue weighted by molar-refractivity contribution is -0.133. The van der Waals surface area contributed by atoms with E-state index in [1.807, 2.05) is 98.8 Å². The van der Waals surface area contributed by atoms with E-state index in [9.17, 15) is 19.5 Å². The molecule has 5 aromatic rings. The number of hydrogen-bond donors (Lipinski definition) is 1. The van der Waals surface area contributed by atoms with Crippen LogP contribution in [-0.4, -0.2) is 30.6 Å². The maximum atomic E-state index is 15.1. The zero-order valence-electron chi connectivity index (χ0n) is 26.5. The number of aromatic hydroxyl groups is 1. The number of aromatic nitrogens is 3. The number of rotatable bonds is 4. The van der Waals surface area contributed by atoms with Crippen molar-refractivity contribution in [3.63, 3.8) is 0 Å². The number of phenolic OH excluding ortho intramolecular Hbond substituents is 1. The van der Waals surface area contributed by atoms with E-state index in [0.29, 0.717) is 33.5 Å². The maximum Gasteiger partial charge on any atom is 0.352 e. The van der Waals surface area contributed by atoms with Gasteiger partial charge in [-0.05, 0) is 71.9 Å². The van der Waals surface area contributed by atoms with E-state index < -0.39 is 34.7 Å². The highest BCUT2D eigenvalue weighted by molar-refractivity contribution is 6.31. The predicted molar refractivity (Wildman–Crippen MR) is 182 cm³/mol. The van der Waals surface area contributed by atoms with Crippen LogP contribution < -0.4 is 11.4 Å². The van der Waals surface area contributed by atoms with Crippen molar-refractivity contribution < 1.29 is 14.7 Å². The molecule has 4 aromatic carbocycles. The van der Waals surface area contributed by atoms with Crippen LogP contribution in [0.25, 0.3) is 11.3 Å². The second-order valence-electron chi connectivity index (χ2n) is 13.0. The molecule has 1 N–H and O–H groups in total. The summed E-state index contributed by atoms with van der Waals surface area (Å²) in [6.45, 7) is 3.75. The first-order chi connectivity index (χ1) is 23.2. The molecule has 2 aliphatic carbocycles. The second-order valence-corrected chi connectivity index (χ2v) is 13.0. The van der Waals surface area contributed by atoms with E-state index in [2.05, 4.69) is 0 Å². The Morgan fingerprint density at radius 1 is 0.771 bits per heavy atom. The predicted octanol–water partition coefficient (Wildman–Crippen LogP) is 5.58. The minimum atomic E-state index is -1.34. The third-order valence-electron chi connectivity index (χ3n) is 10.5. The van der Waals surface area contributed by atoms with Gasteiger partial charge in [0.05, 0.1) is 23.7 Å². The first kappa shape index (κ1) is 29.6. The van der Waals surface area contributed by atoms with Gasteiger partial charge >= 0.3 is 11.4 Å². The van der Waals surface area contributed by atoms with E-state index >= 15 is 4.79 Å². The Bertz CT molecular complexity index is 2290. The number of carbonyl (C=O) groups excluding carboxylic acids is 2. The lowest BCUT2D eigenvalue weighted by atomic mass is 9.47. The van der Waals surface area contributed by atoms with Crippen LogP contribution >= 0.6 is 0 Å². The molecule has 1 saturated carbocycles. The van der Waals surface area contributed by atoms with Gasteiger partial charge in [0, 0.05) is 17.4 Å². The number of benzene rings is 4. The van der Waals surface area contributed by atoms with Gasteiger partial charge in [-0.3, -0.25) is 9.59 Å². The van der Waals surface area contributed by atoms with E-state index in [1.54, 1.807) is 24.3 Å². The smallest absolute Gasteiger partial charge is 0.352 e. The molecule has 0 radical (unpaired) electrons. The molecule has 1 fully saturated rings. The van der Waals surface area contributed by atoms with Gasteiger partial charge in [0.1, 0.15) is 5.75 Å². The van der Waals surface area contributed by atoms with E-state index in [1.165, 1.54) is 20.0 Å². The van der Waals surface area contributed by atoms with Gasteiger partial charge < -0.3 is 5.11 Å². The Morgan fingerprint density at radius 2 is 1.38 bits per heavy atom. The molecule has 0 bridgehead atoms. The molecule has 8 heteroatoms. The number of carbonyl (C=O) groups is 2. The van der Waals surface area contributed by atoms with Crippen molar-refractivity contribution in [1.82, 2.24) is 13.9 Å². The van der Waals surface area contributed by atoms with Gasteiger partial charge in [-0.25, -0.2) is 23.5 Å².